The van der Waals surface area contributed by atoms with Gasteiger partial charge in [0.1, 0.15) is 0 Å². The molecule has 7 nitrogen and oxygen atoms in total. The van der Waals surface area contributed by atoms with Gasteiger partial charge in [0.25, 0.3) is 0 Å². The van der Waals surface area contributed by atoms with E-state index in [-0.39, 0.29) is 6.54 Å². The average Bonchev–Trinajstić information content (AvgIpc) is 2.60. The number of likely N-dealkylation sites (N-methyl/N-ethyl adjacent to an activating group) is 1. The minimum absolute atomic E-state index is 0.240. The SMILES string of the molecule is CC(C)CCNC(N)=NCc1ccccc1S(=O)(=O)N1CCN(C)CC1. The highest BCUT2D eigenvalue weighted by Gasteiger charge is 2.29. The molecule has 26 heavy (non-hydrogen) atoms. The van der Waals surface area contributed by atoms with Gasteiger partial charge in [-0.15, -0.1) is 0 Å². The molecule has 8 heteroatoms. The number of rotatable bonds is 7. The average molecular weight is 382 g/mol. The van der Waals surface area contributed by atoms with E-state index in [9.17, 15) is 8.42 Å². The van der Waals surface area contributed by atoms with E-state index in [2.05, 4.69) is 29.1 Å². The zero-order valence-electron chi connectivity index (χ0n) is 16.0. The largest absolute Gasteiger partial charge is 0.370 e. The molecule has 1 aromatic carbocycles. The second-order valence-corrected chi connectivity index (χ2v) is 9.03. The number of hydrogen-bond donors (Lipinski definition) is 2. The lowest BCUT2D eigenvalue weighted by atomic mass is 10.1. The Hall–Kier alpha value is -1.64. The zero-order chi connectivity index (χ0) is 19.2. The summed E-state index contributed by atoms with van der Waals surface area (Å²) in [7, 11) is -1.51. The monoisotopic (exact) mass is 381 g/mol. The van der Waals surface area contributed by atoms with Crippen molar-refractivity contribution in [1.82, 2.24) is 14.5 Å². The van der Waals surface area contributed by atoms with Crippen LogP contribution in [0.4, 0.5) is 0 Å². The highest BCUT2D eigenvalue weighted by molar-refractivity contribution is 7.89. The van der Waals surface area contributed by atoms with Crippen LogP contribution < -0.4 is 11.1 Å². The quantitative estimate of drug-likeness (QED) is 0.545. The summed E-state index contributed by atoms with van der Waals surface area (Å²) in [6, 6.07) is 7.03. The zero-order valence-corrected chi connectivity index (χ0v) is 16.8. The molecular weight excluding hydrogens is 350 g/mol. The Labute approximate surface area is 157 Å². The fourth-order valence-corrected chi connectivity index (χ4v) is 4.41. The van der Waals surface area contributed by atoms with Crippen molar-refractivity contribution in [1.29, 1.82) is 0 Å². The molecule has 0 bridgehead atoms. The standard InChI is InChI=1S/C18H31N5O2S/c1-15(2)8-9-20-18(19)21-14-16-6-4-5-7-17(16)26(24,25)23-12-10-22(3)11-13-23/h4-7,15H,8-14H2,1-3H3,(H3,19,20,21). The number of hydrogen-bond acceptors (Lipinski definition) is 4. The first-order chi connectivity index (χ1) is 12.3. The Kier molecular flexibility index (Phi) is 7.43. The third kappa shape index (κ3) is 5.69. The predicted molar refractivity (Wildman–Crippen MR) is 105 cm³/mol. The number of sulfonamides is 1. The molecule has 1 aliphatic rings. The molecule has 0 unspecified atom stereocenters. The summed E-state index contributed by atoms with van der Waals surface area (Å²) >= 11 is 0. The number of piperazine rings is 1. The molecule has 0 amide bonds. The second kappa shape index (κ2) is 9.34. The highest BCUT2D eigenvalue weighted by Crippen LogP contribution is 2.22. The highest BCUT2D eigenvalue weighted by atomic mass is 32.2. The molecule has 0 spiro atoms. The van der Waals surface area contributed by atoms with E-state index in [1.807, 2.05) is 13.1 Å². The van der Waals surface area contributed by atoms with Crippen LogP contribution in [0.2, 0.25) is 0 Å². The van der Waals surface area contributed by atoms with Gasteiger partial charge in [0, 0.05) is 32.7 Å². The number of nitrogens with zero attached hydrogens (tertiary/aromatic N) is 3. The molecule has 0 aliphatic carbocycles. The van der Waals surface area contributed by atoms with Crippen LogP contribution in [-0.4, -0.2) is 63.4 Å². The van der Waals surface area contributed by atoms with E-state index < -0.39 is 10.0 Å². The minimum atomic E-state index is -3.52. The summed E-state index contributed by atoms with van der Waals surface area (Å²) in [5, 5.41) is 3.07. The van der Waals surface area contributed by atoms with Crippen molar-refractivity contribution in [2.45, 2.75) is 31.7 Å². The van der Waals surface area contributed by atoms with E-state index in [1.54, 1.807) is 22.5 Å². The van der Waals surface area contributed by atoms with Crippen molar-refractivity contribution in [2.24, 2.45) is 16.6 Å². The maximum atomic E-state index is 13.0. The molecular formula is C18H31N5O2S. The maximum Gasteiger partial charge on any atom is 0.243 e. The fourth-order valence-electron chi connectivity index (χ4n) is 2.77. The van der Waals surface area contributed by atoms with E-state index >= 15 is 0 Å². The first kappa shape index (κ1) is 20.7. The number of nitrogens with one attached hydrogen (secondary N) is 1. The van der Waals surface area contributed by atoms with Gasteiger partial charge >= 0.3 is 0 Å². The van der Waals surface area contributed by atoms with Gasteiger partial charge in [-0.25, -0.2) is 13.4 Å². The Morgan fingerprint density at radius 2 is 1.88 bits per heavy atom. The van der Waals surface area contributed by atoms with Crippen molar-refractivity contribution in [2.75, 3.05) is 39.8 Å². The lowest BCUT2D eigenvalue weighted by Crippen LogP contribution is -2.47. The van der Waals surface area contributed by atoms with Gasteiger partial charge in [-0.3, -0.25) is 0 Å². The number of aliphatic imine (C=N–C) groups is 1. The Bertz CT molecular complexity index is 710. The molecule has 146 valence electrons. The molecule has 1 heterocycles. The van der Waals surface area contributed by atoms with Crippen LogP contribution in [0.25, 0.3) is 0 Å². The van der Waals surface area contributed by atoms with Gasteiger partial charge in [0.2, 0.25) is 10.0 Å². The molecule has 0 saturated carbocycles. The molecule has 1 aliphatic heterocycles. The summed E-state index contributed by atoms with van der Waals surface area (Å²) < 4.78 is 27.6. The number of nitrogens with two attached hydrogens (primary N) is 1. The third-order valence-corrected chi connectivity index (χ3v) is 6.50. The lowest BCUT2D eigenvalue weighted by molar-refractivity contribution is 0.222. The summed E-state index contributed by atoms with van der Waals surface area (Å²) in [4.78, 5) is 6.77. The van der Waals surface area contributed by atoms with Gasteiger partial charge in [-0.2, -0.15) is 4.31 Å². The maximum absolute atomic E-state index is 13.0. The smallest absolute Gasteiger partial charge is 0.243 e. The van der Waals surface area contributed by atoms with Crippen molar-refractivity contribution in [3.8, 4) is 0 Å². The summed E-state index contributed by atoms with van der Waals surface area (Å²) in [5.41, 5.74) is 6.57. The van der Waals surface area contributed by atoms with Crippen LogP contribution in [0, 0.1) is 5.92 Å². The van der Waals surface area contributed by atoms with Crippen LogP contribution in [0.15, 0.2) is 34.2 Å². The Balaban J connectivity index is 2.09. The predicted octanol–water partition coefficient (Wildman–Crippen LogP) is 1.07. The summed E-state index contributed by atoms with van der Waals surface area (Å²) in [6.07, 6.45) is 1.00. The van der Waals surface area contributed by atoms with Crippen LogP contribution in [0.1, 0.15) is 25.8 Å². The van der Waals surface area contributed by atoms with Gasteiger partial charge < -0.3 is 16.0 Å². The van der Waals surface area contributed by atoms with Crippen molar-refractivity contribution < 1.29 is 8.42 Å². The van der Waals surface area contributed by atoms with Crippen molar-refractivity contribution in [3.63, 3.8) is 0 Å². The Morgan fingerprint density at radius 3 is 2.54 bits per heavy atom. The molecule has 1 saturated heterocycles. The first-order valence-corrected chi connectivity index (χ1v) is 10.5. The van der Waals surface area contributed by atoms with Gasteiger partial charge in [0.15, 0.2) is 5.96 Å². The molecule has 0 radical (unpaired) electrons. The minimum Gasteiger partial charge on any atom is -0.370 e. The normalized spacial score (nSPS) is 17.6. The van der Waals surface area contributed by atoms with Gasteiger partial charge in [-0.1, -0.05) is 32.0 Å². The first-order valence-electron chi connectivity index (χ1n) is 9.11. The van der Waals surface area contributed by atoms with E-state index in [0.717, 1.165) is 26.1 Å². The number of benzene rings is 1. The van der Waals surface area contributed by atoms with E-state index in [1.165, 1.54) is 0 Å². The summed E-state index contributed by atoms with van der Waals surface area (Å²) in [5.74, 6) is 0.933. The topological polar surface area (TPSA) is 91.0 Å². The van der Waals surface area contributed by atoms with Gasteiger partial charge in [-0.05, 0) is 31.0 Å². The second-order valence-electron chi connectivity index (χ2n) is 7.13. The van der Waals surface area contributed by atoms with Crippen LogP contribution in [0.3, 0.4) is 0 Å². The molecule has 1 fully saturated rings. The fraction of sp³-hybridized carbons (Fsp3) is 0.611. The Morgan fingerprint density at radius 1 is 1.23 bits per heavy atom. The molecule has 2 rings (SSSR count). The van der Waals surface area contributed by atoms with Crippen LogP contribution in [0.5, 0.6) is 0 Å². The van der Waals surface area contributed by atoms with E-state index in [0.29, 0.717) is 35.4 Å². The van der Waals surface area contributed by atoms with E-state index in [4.69, 9.17) is 5.73 Å². The molecule has 1 aromatic rings. The third-order valence-electron chi connectivity index (χ3n) is 4.50. The van der Waals surface area contributed by atoms with Gasteiger partial charge in [0.05, 0.1) is 11.4 Å². The van der Waals surface area contributed by atoms with Crippen molar-refractivity contribution >= 4 is 16.0 Å². The van der Waals surface area contributed by atoms with Crippen molar-refractivity contribution in [3.05, 3.63) is 29.8 Å². The van der Waals surface area contributed by atoms with Crippen LogP contribution in [-0.2, 0) is 16.6 Å². The summed E-state index contributed by atoms with van der Waals surface area (Å²) in [6.45, 7) is 7.80. The molecule has 3 N–H and O–H groups in total. The molecule has 0 atom stereocenters. The number of guanidine groups is 1. The molecule has 0 aromatic heterocycles. The lowest BCUT2D eigenvalue weighted by Gasteiger charge is -2.32. The van der Waals surface area contributed by atoms with Crippen LogP contribution >= 0.6 is 0 Å².